The predicted molar refractivity (Wildman–Crippen MR) is 81.6 cm³/mol. The Balaban J connectivity index is 2.34. The molecule has 0 aliphatic heterocycles. The Hall–Kier alpha value is -2.21. The number of nitrogens with zero attached hydrogens (tertiary/aromatic N) is 2. The van der Waals surface area contributed by atoms with E-state index in [2.05, 4.69) is 34.1 Å². The van der Waals surface area contributed by atoms with Gasteiger partial charge in [0.1, 0.15) is 12.0 Å². The normalized spacial score (nSPS) is 11.6. The van der Waals surface area contributed by atoms with Gasteiger partial charge in [0, 0.05) is 12.7 Å². The van der Waals surface area contributed by atoms with Gasteiger partial charge < -0.3 is 15.0 Å². The smallest absolute Gasteiger partial charge is 0.226 e. The molecule has 2 N–H and O–H groups in total. The van der Waals surface area contributed by atoms with Crippen molar-refractivity contribution in [1.82, 2.24) is 20.3 Å². The minimum absolute atomic E-state index is 0.0966. The molecule has 0 aliphatic rings. The molecule has 2 rings (SSSR count). The van der Waals surface area contributed by atoms with E-state index in [1.807, 2.05) is 7.05 Å². The van der Waals surface area contributed by atoms with E-state index in [1.165, 1.54) is 6.33 Å². The number of aromatic amines is 1. The van der Waals surface area contributed by atoms with Crippen LogP contribution < -0.4 is 10.1 Å². The SMILES string of the molecule is CNC/C=C/C(=O)c1c[nH]c2ncnc(OCC(C)C)c12. The van der Waals surface area contributed by atoms with Gasteiger partial charge in [-0.2, -0.15) is 0 Å². The number of aromatic nitrogens is 3. The molecule has 0 saturated carbocycles. The number of ketones is 1. The molecule has 0 saturated heterocycles. The van der Waals surface area contributed by atoms with E-state index >= 15 is 0 Å². The van der Waals surface area contributed by atoms with Gasteiger partial charge in [-0.25, -0.2) is 9.97 Å². The fourth-order valence-corrected chi connectivity index (χ4v) is 1.86. The average molecular weight is 288 g/mol. The maximum atomic E-state index is 12.2. The molecule has 112 valence electrons. The van der Waals surface area contributed by atoms with Gasteiger partial charge in [0.25, 0.3) is 0 Å². The van der Waals surface area contributed by atoms with Crippen LogP contribution in [0.3, 0.4) is 0 Å². The summed E-state index contributed by atoms with van der Waals surface area (Å²) in [5.41, 5.74) is 1.13. The fourth-order valence-electron chi connectivity index (χ4n) is 1.86. The lowest BCUT2D eigenvalue weighted by Gasteiger charge is -2.08. The van der Waals surface area contributed by atoms with Crippen molar-refractivity contribution in [2.45, 2.75) is 13.8 Å². The van der Waals surface area contributed by atoms with Gasteiger partial charge in [-0.15, -0.1) is 0 Å². The second-order valence-corrected chi connectivity index (χ2v) is 5.13. The predicted octanol–water partition coefficient (Wildman–Crippen LogP) is 1.95. The maximum Gasteiger partial charge on any atom is 0.226 e. The number of likely N-dealkylation sites (N-methyl/N-ethyl adjacent to an activating group) is 1. The number of H-pyrrole nitrogens is 1. The van der Waals surface area contributed by atoms with E-state index in [9.17, 15) is 4.79 Å². The third kappa shape index (κ3) is 3.66. The van der Waals surface area contributed by atoms with Crippen molar-refractivity contribution in [2.75, 3.05) is 20.2 Å². The summed E-state index contributed by atoms with van der Waals surface area (Å²) in [6.07, 6.45) is 6.39. The highest BCUT2D eigenvalue weighted by Crippen LogP contribution is 2.26. The van der Waals surface area contributed by atoms with Crippen molar-refractivity contribution in [2.24, 2.45) is 5.92 Å². The number of allylic oxidation sites excluding steroid dienone is 1. The van der Waals surface area contributed by atoms with E-state index in [0.29, 0.717) is 41.5 Å². The lowest BCUT2D eigenvalue weighted by molar-refractivity contribution is 0.104. The van der Waals surface area contributed by atoms with E-state index in [4.69, 9.17) is 4.74 Å². The van der Waals surface area contributed by atoms with E-state index in [0.717, 1.165) is 0 Å². The number of nitrogens with one attached hydrogen (secondary N) is 2. The second kappa shape index (κ2) is 6.99. The van der Waals surface area contributed by atoms with Crippen molar-refractivity contribution < 1.29 is 9.53 Å². The molecular formula is C15H20N4O2. The first-order valence-corrected chi connectivity index (χ1v) is 6.93. The molecule has 0 aromatic carbocycles. The minimum Gasteiger partial charge on any atom is -0.477 e. The molecule has 0 aliphatic carbocycles. The fraction of sp³-hybridized carbons (Fsp3) is 0.400. The van der Waals surface area contributed by atoms with Crippen LogP contribution in [-0.2, 0) is 0 Å². The van der Waals surface area contributed by atoms with Crippen LogP contribution in [0.4, 0.5) is 0 Å². The molecule has 0 spiro atoms. The first-order valence-electron chi connectivity index (χ1n) is 6.93. The molecule has 0 fully saturated rings. The van der Waals surface area contributed by atoms with E-state index < -0.39 is 0 Å². The minimum atomic E-state index is -0.0966. The third-order valence-electron chi connectivity index (χ3n) is 2.85. The van der Waals surface area contributed by atoms with Crippen LogP contribution in [0, 0.1) is 5.92 Å². The lowest BCUT2D eigenvalue weighted by Crippen LogP contribution is -2.07. The van der Waals surface area contributed by atoms with Gasteiger partial charge in [0.05, 0.1) is 17.6 Å². The Bertz CT molecular complexity index is 646. The van der Waals surface area contributed by atoms with Crippen molar-refractivity contribution in [3.63, 3.8) is 0 Å². The zero-order chi connectivity index (χ0) is 15.2. The average Bonchev–Trinajstić information content (AvgIpc) is 2.89. The summed E-state index contributed by atoms with van der Waals surface area (Å²) in [6.45, 7) is 5.30. The Morgan fingerprint density at radius 3 is 3.00 bits per heavy atom. The highest BCUT2D eigenvalue weighted by molar-refractivity contribution is 6.13. The van der Waals surface area contributed by atoms with Crippen molar-refractivity contribution in [1.29, 1.82) is 0 Å². The summed E-state index contributed by atoms with van der Waals surface area (Å²) in [7, 11) is 1.83. The highest BCUT2D eigenvalue weighted by atomic mass is 16.5. The van der Waals surface area contributed by atoms with Crippen molar-refractivity contribution in [3.05, 3.63) is 30.2 Å². The van der Waals surface area contributed by atoms with E-state index in [-0.39, 0.29) is 5.78 Å². The van der Waals surface area contributed by atoms with Crippen LogP contribution in [0.25, 0.3) is 11.0 Å². The molecule has 6 nitrogen and oxygen atoms in total. The number of rotatable bonds is 7. The summed E-state index contributed by atoms with van der Waals surface area (Å²) >= 11 is 0. The van der Waals surface area contributed by atoms with Crippen LogP contribution in [-0.4, -0.2) is 40.9 Å². The van der Waals surface area contributed by atoms with Gasteiger partial charge >= 0.3 is 0 Å². The van der Waals surface area contributed by atoms with Gasteiger partial charge in [-0.3, -0.25) is 4.79 Å². The van der Waals surface area contributed by atoms with Gasteiger partial charge in [-0.1, -0.05) is 19.9 Å². The third-order valence-corrected chi connectivity index (χ3v) is 2.85. The van der Waals surface area contributed by atoms with Crippen LogP contribution in [0.5, 0.6) is 5.88 Å². The Labute approximate surface area is 123 Å². The molecule has 2 aromatic rings. The highest BCUT2D eigenvalue weighted by Gasteiger charge is 2.16. The summed E-state index contributed by atoms with van der Waals surface area (Å²) in [6, 6.07) is 0. The number of hydrogen-bond donors (Lipinski definition) is 2. The van der Waals surface area contributed by atoms with E-state index in [1.54, 1.807) is 18.3 Å². The van der Waals surface area contributed by atoms with Gasteiger partial charge in [0.2, 0.25) is 5.88 Å². The summed E-state index contributed by atoms with van der Waals surface area (Å²) < 4.78 is 5.70. The standard InChI is InChI=1S/C15H20N4O2/c1-10(2)8-21-15-13-11(12(20)5-4-6-16-3)7-17-14(13)18-9-19-15/h4-5,7,9-10,16H,6,8H2,1-3H3,(H,17,18,19)/b5-4+. The number of ether oxygens (including phenoxy) is 1. The number of carbonyl (C=O) groups is 1. The quantitative estimate of drug-likeness (QED) is 0.601. The second-order valence-electron chi connectivity index (χ2n) is 5.13. The van der Waals surface area contributed by atoms with Crippen molar-refractivity contribution >= 4 is 16.8 Å². The first kappa shape index (κ1) is 15.2. The summed E-state index contributed by atoms with van der Waals surface area (Å²) in [4.78, 5) is 23.5. The molecule has 2 heterocycles. The van der Waals surface area contributed by atoms with Gasteiger partial charge in [0.15, 0.2) is 5.78 Å². The molecule has 0 unspecified atom stereocenters. The molecule has 2 aromatic heterocycles. The first-order chi connectivity index (χ1) is 10.1. The van der Waals surface area contributed by atoms with Crippen LogP contribution in [0.15, 0.2) is 24.7 Å². The van der Waals surface area contributed by atoms with Crippen LogP contribution >= 0.6 is 0 Å². The zero-order valence-electron chi connectivity index (χ0n) is 12.5. The molecule has 21 heavy (non-hydrogen) atoms. The lowest BCUT2D eigenvalue weighted by atomic mass is 10.1. The molecule has 0 bridgehead atoms. The monoisotopic (exact) mass is 288 g/mol. The molecule has 0 atom stereocenters. The Morgan fingerprint density at radius 1 is 1.48 bits per heavy atom. The summed E-state index contributed by atoms with van der Waals surface area (Å²) in [5, 5.41) is 3.59. The number of hydrogen-bond acceptors (Lipinski definition) is 5. The topological polar surface area (TPSA) is 79.9 Å². The molecule has 6 heteroatoms. The largest absolute Gasteiger partial charge is 0.477 e. The summed E-state index contributed by atoms with van der Waals surface area (Å²) in [5.74, 6) is 0.727. The Kier molecular flexibility index (Phi) is 5.05. The molecule has 0 radical (unpaired) electrons. The van der Waals surface area contributed by atoms with Crippen LogP contribution in [0.2, 0.25) is 0 Å². The maximum absolute atomic E-state index is 12.2. The molecular weight excluding hydrogens is 268 g/mol. The Morgan fingerprint density at radius 2 is 2.29 bits per heavy atom. The van der Waals surface area contributed by atoms with Crippen LogP contribution in [0.1, 0.15) is 24.2 Å². The zero-order valence-corrected chi connectivity index (χ0v) is 12.5. The number of carbonyl (C=O) groups excluding carboxylic acids is 1. The number of fused-ring (bicyclic) bond motifs is 1. The molecule has 0 amide bonds. The van der Waals surface area contributed by atoms with Crippen molar-refractivity contribution in [3.8, 4) is 5.88 Å². The van der Waals surface area contributed by atoms with Gasteiger partial charge in [-0.05, 0) is 19.0 Å².